The third kappa shape index (κ3) is 3.56. The SMILES string of the molecule is CCC(C)(C)OCc1nc(CCl)cs1. The lowest BCUT2D eigenvalue weighted by molar-refractivity contribution is -0.0317. The summed E-state index contributed by atoms with van der Waals surface area (Å²) in [6, 6.07) is 0. The van der Waals surface area contributed by atoms with Gasteiger partial charge in [-0.1, -0.05) is 6.92 Å². The maximum absolute atomic E-state index is 5.73. The zero-order chi connectivity index (χ0) is 10.6. The van der Waals surface area contributed by atoms with Gasteiger partial charge in [-0.05, 0) is 20.3 Å². The molecule has 1 aromatic heterocycles. The van der Waals surface area contributed by atoms with E-state index in [9.17, 15) is 0 Å². The molecule has 80 valence electrons. The summed E-state index contributed by atoms with van der Waals surface area (Å²) in [5.74, 6) is 0.480. The molecule has 0 atom stereocenters. The molecule has 0 aliphatic rings. The molecule has 0 spiro atoms. The van der Waals surface area contributed by atoms with Crippen LogP contribution >= 0.6 is 22.9 Å². The summed E-state index contributed by atoms with van der Waals surface area (Å²) in [7, 11) is 0. The van der Waals surface area contributed by atoms with E-state index in [4.69, 9.17) is 16.3 Å². The first-order chi connectivity index (χ1) is 6.57. The number of aromatic nitrogens is 1. The quantitative estimate of drug-likeness (QED) is 0.726. The van der Waals surface area contributed by atoms with Crippen LogP contribution in [-0.4, -0.2) is 10.6 Å². The molecule has 0 N–H and O–H groups in total. The lowest BCUT2D eigenvalue weighted by Gasteiger charge is -2.22. The highest BCUT2D eigenvalue weighted by Gasteiger charge is 2.15. The molecular weight excluding hydrogens is 218 g/mol. The summed E-state index contributed by atoms with van der Waals surface area (Å²) in [6.07, 6.45) is 1.00. The van der Waals surface area contributed by atoms with Crippen LogP contribution in [-0.2, 0) is 17.2 Å². The molecule has 0 aliphatic carbocycles. The Kier molecular flexibility index (Phi) is 4.35. The van der Waals surface area contributed by atoms with Crippen LogP contribution in [0.1, 0.15) is 37.9 Å². The van der Waals surface area contributed by atoms with E-state index in [1.165, 1.54) is 0 Å². The predicted molar refractivity (Wildman–Crippen MR) is 60.8 cm³/mol. The minimum atomic E-state index is -0.0627. The van der Waals surface area contributed by atoms with Gasteiger partial charge in [-0.2, -0.15) is 0 Å². The number of halogens is 1. The number of nitrogens with zero attached hydrogens (tertiary/aromatic N) is 1. The van der Waals surface area contributed by atoms with Gasteiger partial charge >= 0.3 is 0 Å². The summed E-state index contributed by atoms with van der Waals surface area (Å²) in [5, 5.41) is 2.98. The van der Waals surface area contributed by atoms with Crippen molar-refractivity contribution in [2.75, 3.05) is 0 Å². The van der Waals surface area contributed by atoms with E-state index in [1.54, 1.807) is 11.3 Å². The van der Waals surface area contributed by atoms with Crippen molar-refractivity contribution >= 4 is 22.9 Å². The zero-order valence-corrected chi connectivity index (χ0v) is 10.4. The Morgan fingerprint density at radius 1 is 1.57 bits per heavy atom. The fraction of sp³-hybridized carbons (Fsp3) is 0.700. The first kappa shape index (κ1) is 12.0. The van der Waals surface area contributed by atoms with Gasteiger partial charge in [0.15, 0.2) is 0 Å². The molecule has 0 saturated carbocycles. The highest BCUT2D eigenvalue weighted by atomic mass is 35.5. The van der Waals surface area contributed by atoms with E-state index < -0.39 is 0 Å². The Labute approximate surface area is 94.3 Å². The smallest absolute Gasteiger partial charge is 0.119 e. The van der Waals surface area contributed by atoms with Crippen molar-refractivity contribution in [2.45, 2.75) is 45.3 Å². The van der Waals surface area contributed by atoms with Gasteiger partial charge in [0.1, 0.15) is 5.01 Å². The number of rotatable bonds is 5. The molecule has 0 unspecified atom stereocenters. The van der Waals surface area contributed by atoms with Crippen LogP contribution < -0.4 is 0 Å². The van der Waals surface area contributed by atoms with Crippen molar-refractivity contribution in [2.24, 2.45) is 0 Å². The van der Waals surface area contributed by atoms with Crippen molar-refractivity contribution in [3.05, 3.63) is 16.1 Å². The molecule has 0 fully saturated rings. The number of ether oxygens (including phenoxy) is 1. The normalized spacial score (nSPS) is 12.0. The fourth-order valence-corrected chi connectivity index (χ4v) is 1.77. The van der Waals surface area contributed by atoms with Gasteiger partial charge in [0.05, 0.1) is 23.8 Å². The van der Waals surface area contributed by atoms with Gasteiger partial charge in [-0.15, -0.1) is 22.9 Å². The summed E-state index contributed by atoms with van der Waals surface area (Å²) in [5.41, 5.74) is 0.872. The van der Waals surface area contributed by atoms with Crippen molar-refractivity contribution in [1.82, 2.24) is 4.98 Å². The third-order valence-electron chi connectivity index (χ3n) is 2.17. The van der Waals surface area contributed by atoms with Crippen molar-refractivity contribution in [1.29, 1.82) is 0 Å². The predicted octanol–water partition coefficient (Wildman–Crippen LogP) is 3.59. The molecule has 4 heteroatoms. The first-order valence-corrected chi connectivity index (χ1v) is 6.12. The van der Waals surface area contributed by atoms with Crippen molar-refractivity contribution in [3.8, 4) is 0 Å². The second kappa shape index (κ2) is 5.10. The monoisotopic (exact) mass is 233 g/mol. The second-order valence-corrected chi connectivity index (χ2v) is 4.98. The Balaban J connectivity index is 2.45. The van der Waals surface area contributed by atoms with Crippen molar-refractivity contribution < 1.29 is 4.74 Å². The van der Waals surface area contributed by atoms with Crippen molar-refractivity contribution in [3.63, 3.8) is 0 Å². The molecule has 0 saturated heterocycles. The molecule has 1 heterocycles. The zero-order valence-electron chi connectivity index (χ0n) is 8.84. The van der Waals surface area contributed by atoms with Gasteiger partial charge in [-0.25, -0.2) is 4.98 Å². The van der Waals surface area contributed by atoms with Gasteiger partial charge in [-0.3, -0.25) is 0 Å². The molecule has 2 nitrogen and oxygen atoms in total. The van der Waals surface area contributed by atoms with Gasteiger partial charge in [0.2, 0.25) is 0 Å². The van der Waals surface area contributed by atoms with Crippen LogP contribution in [0.4, 0.5) is 0 Å². The topological polar surface area (TPSA) is 22.1 Å². The Morgan fingerprint density at radius 2 is 2.29 bits per heavy atom. The highest BCUT2D eigenvalue weighted by Crippen LogP contribution is 2.18. The standard InChI is InChI=1S/C10H16ClNOS/c1-4-10(2,3)13-6-9-12-8(5-11)7-14-9/h7H,4-6H2,1-3H3. The van der Waals surface area contributed by atoms with Crippen LogP contribution in [0.3, 0.4) is 0 Å². The van der Waals surface area contributed by atoms with Gasteiger partial charge in [0, 0.05) is 5.38 Å². The van der Waals surface area contributed by atoms with E-state index >= 15 is 0 Å². The van der Waals surface area contributed by atoms with Crippen LogP contribution in [0.25, 0.3) is 0 Å². The maximum Gasteiger partial charge on any atom is 0.119 e. The fourth-order valence-electron chi connectivity index (χ4n) is 0.836. The van der Waals surface area contributed by atoms with E-state index in [-0.39, 0.29) is 5.60 Å². The summed E-state index contributed by atoms with van der Waals surface area (Å²) >= 11 is 7.27. The molecule has 1 aromatic rings. The van der Waals surface area contributed by atoms with E-state index in [0.717, 1.165) is 17.1 Å². The third-order valence-corrected chi connectivity index (χ3v) is 3.32. The van der Waals surface area contributed by atoms with Gasteiger partial charge in [0.25, 0.3) is 0 Å². The lowest BCUT2D eigenvalue weighted by atomic mass is 10.1. The average molecular weight is 234 g/mol. The molecule has 0 bridgehead atoms. The number of hydrogen-bond acceptors (Lipinski definition) is 3. The summed E-state index contributed by atoms with van der Waals surface area (Å²) < 4.78 is 5.73. The lowest BCUT2D eigenvalue weighted by Crippen LogP contribution is -2.22. The molecule has 0 amide bonds. The molecule has 14 heavy (non-hydrogen) atoms. The second-order valence-electron chi connectivity index (χ2n) is 3.77. The van der Waals surface area contributed by atoms with Crippen LogP contribution in [0, 0.1) is 0 Å². The molecular formula is C10H16ClNOS. The molecule has 0 radical (unpaired) electrons. The van der Waals surface area contributed by atoms with E-state index in [0.29, 0.717) is 12.5 Å². The Bertz CT molecular complexity index is 285. The average Bonchev–Trinajstić information content (AvgIpc) is 2.63. The minimum absolute atomic E-state index is 0.0627. The maximum atomic E-state index is 5.73. The molecule has 0 aliphatic heterocycles. The Hall–Kier alpha value is -0.120. The molecule has 0 aromatic carbocycles. The van der Waals surface area contributed by atoms with E-state index in [1.807, 2.05) is 5.38 Å². The van der Waals surface area contributed by atoms with Gasteiger partial charge < -0.3 is 4.74 Å². The first-order valence-electron chi connectivity index (χ1n) is 4.70. The molecule has 1 rings (SSSR count). The Morgan fingerprint density at radius 3 is 2.79 bits per heavy atom. The largest absolute Gasteiger partial charge is 0.368 e. The number of thiazole rings is 1. The summed E-state index contributed by atoms with van der Waals surface area (Å²) in [4.78, 5) is 4.33. The van der Waals surface area contributed by atoms with Crippen LogP contribution in [0.15, 0.2) is 5.38 Å². The number of hydrogen-bond donors (Lipinski definition) is 0. The highest BCUT2D eigenvalue weighted by molar-refractivity contribution is 7.09. The summed E-state index contributed by atoms with van der Waals surface area (Å²) in [6.45, 7) is 6.88. The minimum Gasteiger partial charge on any atom is -0.368 e. The van der Waals surface area contributed by atoms with Crippen LogP contribution in [0.2, 0.25) is 0 Å². The van der Waals surface area contributed by atoms with E-state index in [2.05, 4.69) is 25.8 Å². The number of alkyl halides is 1. The van der Waals surface area contributed by atoms with Crippen LogP contribution in [0.5, 0.6) is 0 Å².